The number of piperazine rings is 1. The normalized spacial score (nSPS) is 16.0. The molecule has 1 aromatic carbocycles. The molecule has 150 valence electrons. The molecule has 1 aliphatic heterocycles. The summed E-state index contributed by atoms with van der Waals surface area (Å²) in [6, 6.07) is 7.59. The van der Waals surface area contributed by atoms with Crippen molar-refractivity contribution in [1.29, 1.82) is 0 Å². The molecule has 3 rings (SSSR count). The molecule has 1 fully saturated rings. The number of non-ortho nitro benzene ring substituents is 1. The minimum atomic E-state index is -3.48. The fraction of sp³-hybridized carbons (Fsp3) is 0.353. The number of anilines is 1. The number of nitro groups is 1. The molecule has 28 heavy (non-hydrogen) atoms. The number of amides is 1. The summed E-state index contributed by atoms with van der Waals surface area (Å²) in [6.45, 7) is 3.34. The van der Waals surface area contributed by atoms with E-state index in [1.165, 1.54) is 27.8 Å². The summed E-state index contributed by atoms with van der Waals surface area (Å²) in [5.74, 6) is -0.293. The Labute approximate surface area is 166 Å². The molecule has 2 aromatic rings. The summed E-state index contributed by atoms with van der Waals surface area (Å²) < 4.78 is 26.8. The highest BCUT2D eigenvalue weighted by molar-refractivity contribution is 7.91. The Balaban J connectivity index is 1.56. The zero-order valence-electron chi connectivity index (χ0n) is 15.2. The van der Waals surface area contributed by atoms with E-state index in [1.807, 2.05) is 4.90 Å². The molecule has 0 spiro atoms. The molecule has 0 atom stereocenters. The number of nitrogens with zero attached hydrogens (tertiary/aromatic N) is 3. The van der Waals surface area contributed by atoms with E-state index in [0.29, 0.717) is 36.1 Å². The molecular formula is C17H20N4O5S2. The zero-order chi connectivity index (χ0) is 20.3. The number of hydrogen-bond acceptors (Lipinski definition) is 7. The Morgan fingerprint density at radius 1 is 1.25 bits per heavy atom. The molecule has 0 bridgehead atoms. The van der Waals surface area contributed by atoms with Gasteiger partial charge in [0.15, 0.2) is 0 Å². The van der Waals surface area contributed by atoms with E-state index >= 15 is 0 Å². The summed E-state index contributed by atoms with van der Waals surface area (Å²) in [6.07, 6.45) is 0. The van der Waals surface area contributed by atoms with E-state index in [9.17, 15) is 23.3 Å². The number of carbonyl (C=O) groups is 1. The molecule has 2 heterocycles. The molecule has 1 saturated heterocycles. The van der Waals surface area contributed by atoms with E-state index in [2.05, 4.69) is 5.32 Å². The van der Waals surface area contributed by atoms with Gasteiger partial charge in [0.05, 0.1) is 17.2 Å². The first-order valence-electron chi connectivity index (χ1n) is 8.58. The third-order valence-corrected chi connectivity index (χ3v) is 7.77. The molecule has 1 amide bonds. The highest BCUT2D eigenvalue weighted by atomic mass is 32.2. The number of nitro benzene ring substituents is 1. The lowest BCUT2D eigenvalue weighted by molar-refractivity contribution is -0.384. The van der Waals surface area contributed by atoms with Crippen LogP contribution in [0.3, 0.4) is 0 Å². The van der Waals surface area contributed by atoms with Gasteiger partial charge in [0.25, 0.3) is 15.7 Å². The number of hydrogen-bond donors (Lipinski definition) is 1. The number of benzene rings is 1. The van der Waals surface area contributed by atoms with Crippen molar-refractivity contribution in [2.75, 3.05) is 38.0 Å². The number of aryl methyl sites for hydroxylation is 1. The second-order valence-corrected chi connectivity index (χ2v) is 9.53. The van der Waals surface area contributed by atoms with E-state index in [-0.39, 0.29) is 18.1 Å². The van der Waals surface area contributed by atoms with Gasteiger partial charge in [0.2, 0.25) is 5.91 Å². The van der Waals surface area contributed by atoms with Gasteiger partial charge in [-0.1, -0.05) is 12.1 Å². The van der Waals surface area contributed by atoms with Crippen molar-refractivity contribution in [1.82, 2.24) is 9.21 Å². The Morgan fingerprint density at radius 2 is 1.96 bits per heavy atom. The van der Waals surface area contributed by atoms with Crippen molar-refractivity contribution < 1.29 is 18.1 Å². The highest BCUT2D eigenvalue weighted by Crippen LogP contribution is 2.23. The monoisotopic (exact) mass is 424 g/mol. The first kappa shape index (κ1) is 20.4. The maximum atomic E-state index is 12.5. The number of nitrogens with one attached hydrogen (secondary N) is 1. The summed E-state index contributed by atoms with van der Waals surface area (Å²) in [5, 5.41) is 15.3. The molecule has 0 unspecified atom stereocenters. The van der Waals surface area contributed by atoms with Crippen LogP contribution in [0.1, 0.15) is 5.56 Å². The van der Waals surface area contributed by atoms with Crippen LogP contribution < -0.4 is 5.32 Å². The second-order valence-electron chi connectivity index (χ2n) is 6.42. The lowest BCUT2D eigenvalue weighted by atomic mass is 10.2. The van der Waals surface area contributed by atoms with Crippen LogP contribution in [-0.2, 0) is 14.8 Å². The van der Waals surface area contributed by atoms with Gasteiger partial charge in [-0.05, 0) is 23.9 Å². The Hall–Kier alpha value is -2.34. The third-order valence-electron chi connectivity index (χ3n) is 4.49. The number of rotatable bonds is 6. The second kappa shape index (κ2) is 8.35. The van der Waals surface area contributed by atoms with Gasteiger partial charge in [-0.15, -0.1) is 11.3 Å². The minimum Gasteiger partial charge on any atom is -0.324 e. The quantitative estimate of drug-likeness (QED) is 0.560. The van der Waals surface area contributed by atoms with Crippen LogP contribution in [0.15, 0.2) is 39.9 Å². The van der Waals surface area contributed by atoms with Gasteiger partial charge in [-0.3, -0.25) is 19.8 Å². The van der Waals surface area contributed by atoms with Gasteiger partial charge in [0.1, 0.15) is 4.21 Å². The first-order chi connectivity index (χ1) is 13.3. The summed E-state index contributed by atoms with van der Waals surface area (Å²) in [7, 11) is -3.48. The maximum absolute atomic E-state index is 12.5. The molecule has 1 aliphatic rings. The molecular weight excluding hydrogens is 404 g/mol. The topological polar surface area (TPSA) is 113 Å². The molecule has 0 radical (unpaired) electrons. The van der Waals surface area contributed by atoms with E-state index in [0.717, 1.165) is 5.56 Å². The number of thiophene rings is 1. The van der Waals surface area contributed by atoms with E-state index in [4.69, 9.17) is 0 Å². The minimum absolute atomic E-state index is 0.0895. The van der Waals surface area contributed by atoms with Crippen LogP contribution in [-0.4, -0.2) is 61.2 Å². The zero-order valence-corrected chi connectivity index (χ0v) is 16.8. The van der Waals surface area contributed by atoms with Crippen molar-refractivity contribution in [2.45, 2.75) is 11.1 Å². The Bertz CT molecular complexity index is 967. The largest absolute Gasteiger partial charge is 0.324 e. The van der Waals surface area contributed by atoms with Crippen LogP contribution in [0.5, 0.6) is 0 Å². The molecule has 1 N–H and O–H groups in total. The molecule has 9 nitrogen and oxygen atoms in total. The Morgan fingerprint density at radius 3 is 2.57 bits per heavy atom. The SMILES string of the molecule is Cc1ccc([N+](=O)[O-])cc1NC(=O)CN1CCN(S(=O)(=O)c2cccs2)CC1. The third kappa shape index (κ3) is 4.55. The van der Waals surface area contributed by atoms with Crippen molar-refractivity contribution in [3.63, 3.8) is 0 Å². The summed E-state index contributed by atoms with van der Waals surface area (Å²) in [4.78, 5) is 24.6. The lowest BCUT2D eigenvalue weighted by Crippen LogP contribution is -2.50. The molecule has 11 heteroatoms. The molecule has 0 aliphatic carbocycles. The van der Waals surface area contributed by atoms with Gasteiger partial charge in [0, 0.05) is 38.3 Å². The van der Waals surface area contributed by atoms with Gasteiger partial charge < -0.3 is 5.32 Å². The van der Waals surface area contributed by atoms with Crippen LogP contribution in [0.2, 0.25) is 0 Å². The van der Waals surface area contributed by atoms with Crippen molar-refractivity contribution in [2.24, 2.45) is 0 Å². The van der Waals surface area contributed by atoms with E-state index < -0.39 is 14.9 Å². The molecule has 1 aromatic heterocycles. The van der Waals surface area contributed by atoms with Crippen LogP contribution in [0.4, 0.5) is 11.4 Å². The summed E-state index contributed by atoms with van der Waals surface area (Å²) >= 11 is 1.19. The predicted octanol–water partition coefficient (Wildman–Crippen LogP) is 1.91. The van der Waals surface area contributed by atoms with Crippen LogP contribution in [0, 0.1) is 17.0 Å². The van der Waals surface area contributed by atoms with Gasteiger partial charge >= 0.3 is 0 Å². The van der Waals surface area contributed by atoms with Crippen LogP contribution >= 0.6 is 11.3 Å². The van der Waals surface area contributed by atoms with Crippen molar-refractivity contribution >= 4 is 38.6 Å². The fourth-order valence-electron chi connectivity index (χ4n) is 2.92. The number of sulfonamides is 1. The average Bonchev–Trinajstić information content (AvgIpc) is 3.19. The van der Waals surface area contributed by atoms with Crippen LogP contribution in [0.25, 0.3) is 0 Å². The van der Waals surface area contributed by atoms with Gasteiger partial charge in [-0.25, -0.2) is 8.42 Å². The standard InChI is InChI=1S/C17H20N4O5S2/c1-13-4-5-14(21(23)24)11-15(13)18-16(22)12-19-6-8-20(9-7-19)28(25,26)17-3-2-10-27-17/h2-5,10-11H,6-9,12H2,1H3,(H,18,22). The Kier molecular flexibility index (Phi) is 6.08. The van der Waals surface area contributed by atoms with E-state index in [1.54, 1.807) is 30.5 Å². The number of carbonyl (C=O) groups excluding carboxylic acids is 1. The first-order valence-corrected chi connectivity index (χ1v) is 10.9. The molecule has 0 saturated carbocycles. The highest BCUT2D eigenvalue weighted by Gasteiger charge is 2.29. The maximum Gasteiger partial charge on any atom is 0.271 e. The summed E-state index contributed by atoms with van der Waals surface area (Å²) in [5.41, 5.74) is 1.04. The van der Waals surface area contributed by atoms with Crippen molar-refractivity contribution in [3.05, 3.63) is 51.4 Å². The fourth-order valence-corrected chi connectivity index (χ4v) is 5.48. The van der Waals surface area contributed by atoms with Gasteiger partial charge in [-0.2, -0.15) is 4.31 Å². The smallest absolute Gasteiger partial charge is 0.271 e. The predicted molar refractivity (Wildman–Crippen MR) is 106 cm³/mol. The average molecular weight is 425 g/mol. The lowest BCUT2D eigenvalue weighted by Gasteiger charge is -2.33. The van der Waals surface area contributed by atoms with Crippen molar-refractivity contribution in [3.8, 4) is 0 Å².